The summed E-state index contributed by atoms with van der Waals surface area (Å²) in [5, 5.41) is 0. The predicted octanol–water partition coefficient (Wildman–Crippen LogP) is 5.44. The van der Waals surface area contributed by atoms with Crippen LogP contribution in [-0.4, -0.2) is 15.9 Å². The van der Waals surface area contributed by atoms with Crippen molar-refractivity contribution in [3.8, 4) is 11.5 Å². The van der Waals surface area contributed by atoms with Crippen molar-refractivity contribution >= 4 is 17.4 Å². The topological polar surface area (TPSA) is 55.3 Å². The average Bonchev–Trinajstić information content (AvgIpc) is 2.70. The van der Waals surface area contributed by atoms with Gasteiger partial charge in [0, 0.05) is 19.5 Å². The van der Waals surface area contributed by atoms with Crippen LogP contribution in [0.5, 0.6) is 11.5 Å². The van der Waals surface area contributed by atoms with Crippen molar-refractivity contribution < 1.29 is 13.9 Å². The molecule has 3 aromatic rings. The van der Waals surface area contributed by atoms with Crippen LogP contribution in [0.25, 0.3) is 0 Å². The third-order valence-corrected chi connectivity index (χ3v) is 4.13. The SMILES string of the molecule is CCCCc1nccc(N(C(C)=O)c2ccc(Oc3ccc(F)cc3)cc2)n1. The number of amides is 1. The van der Waals surface area contributed by atoms with Crippen LogP contribution in [0.1, 0.15) is 32.5 Å². The van der Waals surface area contributed by atoms with Gasteiger partial charge < -0.3 is 4.74 Å². The summed E-state index contributed by atoms with van der Waals surface area (Å²) in [7, 11) is 0. The van der Waals surface area contributed by atoms with Gasteiger partial charge in [-0.25, -0.2) is 14.4 Å². The van der Waals surface area contributed by atoms with E-state index in [1.807, 2.05) is 0 Å². The maximum atomic E-state index is 13.0. The van der Waals surface area contributed by atoms with Crippen molar-refractivity contribution in [2.75, 3.05) is 4.90 Å². The molecule has 0 radical (unpaired) electrons. The van der Waals surface area contributed by atoms with E-state index in [-0.39, 0.29) is 11.7 Å². The Hall–Kier alpha value is -3.28. The predicted molar refractivity (Wildman–Crippen MR) is 106 cm³/mol. The molecule has 1 aromatic heterocycles. The lowest BCUT2D eigenvalue weighted by Gasteiger charge is -2.21. The molecule has 0 saturated heterocycles. The molecule has 0 spiro atoms. The number of hydrogen-bond acceptors (Lipinski definition) is 4. The fourth-order valence-electron chi connectivity index (χ4n) is 2.75. The molecule has 144 valence electrons. The standard InChI is InChI=1S/C22H22FN3O2/c1-3-4-5-21-24-15-14-22(25-21)26(16(2)27)18-8-12-20(13-9-18)28-19-10-6-17(23)7-11-19/h6-15H,3-5H2,1-2H3. The number of ether oxygens (including phenoxy) is 1. The Balaban J connectivity index is 1.81. The third kappa shape index (κ3) is 4.91. The summed E-state index contributed by atoms with van der Waals surface area (Å²) in [6, 6.07) is 14.6. The first kappa shape index (κ1) is 19.5. The van der Waals surface area contributed by atoms with Crippen molar-refractivity contribution in [3.63, 3.8) is 0 Å². The fourth-order valence-corrected chi connectivity index (χ4v) is 2.75. The van der Waals surface area contributed by atoms with Crippen LogP contribution < -0.4 is 9.64 Å². The van der Waals surface area contributed by atoms with Crippen LogP contribution in [0.3, 0.4) is 0 Å². The van der Waals surface area contributed by atoms with Crippen molar-refractivity contribution in [3.05, 3.63) is 72.4 Å². The second-order valence-electron chi connectivity index (χ2n) is 6.34. The number of benzene rings is 2. The summed E-state index contributed by atoms with van der Waals surface area (Å²) in [6.07, 6.45) is 4.51. The molecule has 0 aliphatic rings. The molecule has 2 aromatic carbocycles. The van der Waals surface area contributed by atoms with Gasteiger partial charge >= 0.3 is 0 Å². The number of halogens is 1. The van der Waals surface area contributed by atoms with E-state index < -0.39 is 0 Å². The van der Waals surface area contributed by atoms with Gasteiger partial charge in [0.05, 0.1) is 5.69 Å². The summed E-state index contributed by atoms with van der Waals surface area (Å²) in [6.45, 7) is 3.61. The lowest BCUT2D eigenvalue weighted by molar-refractivity contribution is -0.115. The molecule has 1 heterocycles. The van der Waals surface area contributed by atoms with Crippen molar-refractivity contribution in [2.24, 2.45) is 0 Å². The molecule has 0 N–H and O–H groups in total. The number of carbonyl (C=O) groups excluding carboxylic acids is 1. The van der Waals surface area contributed by atoms with Gasteiger partial charge in [-0.15, -0.1) is 0 Å². The number of aryl methyl sites for hydroxylation is 1. The van der Waals surface area contributed by atoms with E-state index in [1.54, 1.807) is 53.6 Å². The lowest BCUT2D eigenvalue weighted by Crippen LogP contribution is -2.24. The lowest BCUT2D eigenvalue weighted by atomic mass is 10.2. The minimum Gasteiger partial charge on any atom is -0.457 e. The van der Waals surface area contributed by atoms with Gasteiger partial charge in [0.1, 0.15) is 29.0 Å². The summed E-state index contributed by atoms with van der Waals surface area (Å²) in [5.74, 6) is 1.93. The second kappa shape index (κ2) is 9.08. The highest BCUT2D eigenvalue weighted by Gasteiger charge is 2.16. The number of unbranched alkanes of at least 4 members (excludes halogenated alkanes) is 1. The Kier molecular flexibility index (Phi) is 6.32. The van der Waals surface area contributed by atoms with Crippen LogP contribution in [0, 0.1) is 5.82 Å². The van der Waals surface area contributed by atoms with E-state index in [0.29, 0.717) is 23.0 Å². The normalized spacial score (nSPS) is 10.5. The van der Waals surface area contributed by atoms with Crippen LogP contribution in [0.4, 0.5) is 15.9 Å². The molecular formula is C22H22FN3O2. The van der Waals surface area contributed by atoms with Crippen molar-refractivity contribution in [1.82, 2.24) is 9.97 Å². The second-order valence-corrected chi connectivity index (χ2v) is 6.34. The first-order valence-electron chi connectivity index (χ1n) is 9.23. The molecule has 0 fully saturated rings. The Bertz CT molecular complexity index is 927. The van der Waals surface area contributed by atoms with E-state index in [0.717, 1.165) is 25.1 Å². The third-order valence-electron chi connectivity index (χ3n) is 4.13. The van der Waals surface area contributed by atoms with Crippen LogP contribution in [-0.2, 0) is 11.2 Å². The Morgan fingerprint density at radius 2 is 1.68 bits per heavy atom. The molecule has 0 unspecified atom stereocenters. The molecule has 28 heavy (non-hydrogen) atoms. The van der Waals surface area contributed by atoms with E-state index >= 15 is 0 Å². The van der Waals surface area contributed by atoms with Gasteiger partial charge in [0.2, 0.25) is 5.91 Å². The van der Waals surface area contributed by atoms with Crippen molar-refractivity contribution in [2.45, 2.75) is 33.1 Å². The monoisotopic (exact) mass is 379 g/mol. The summed E-state index contributed by atoms with van der Waals surface area (Å²) < 4.78 is 18.7. The van der Waals surface area contributed by atoms with Gasteiger partial charge in [-0.2, -0.15) is 0 Å². The number of rotatable bonds is 7. The summed E-state index contributed by atoms with van der Waals surface area (Å²) >= 11 is 0. The molecule has 6 heteroatoms. The number of nitrogens with zero attached hydrogens (tertiary/aromatic N) is 3. The molecule has 1 amide bonds. The summed E-state index contributed by atoms with van der Waals surface area (Å²) in [4.78, 5) is 22.6. The Labute approximate surface area is 163 Å². The zero-order valence-corrected chi connectivity index (χ0v) is 15.9. The van der Waals surface area contributed by atoms with Gasteiger partial charge in [-0.3, -0.25) is 9.69 Å². The molecular weight excluding hydrogens is 357 g/mol. The van der Waals surface area contributed by atoms with Crippen LogP contribution >= 0.6 is 0 Å². The van der Waals surface area contributed by atoms with E-state index in [4.69, 9.17) is 4.74 Å². The van der Waals surface area contributed by atoms with E-state index in [2.05, 4.69) is 16.9 Å². The molecule has 5 nitrogen and oxygen atoms in total. The van der Waals surface area contributed by atoms with Gasteiger partial charge in [-0.1, -0.05) is 13.3 Å². The molecule has 0 atom stereocenters. The van der Waals surface area contributed by atoms with E-state index in [1.165, 1.54) is 19.1 Å². The Morgan fingerprint density at radius 3 is 2.29 bits per heavy atom. The quantitative estimate of drug-likeness (QED) is 0.549. The number of hydrogen-bond donors (Lipinski definition) is 0. The molecule has 3 rings (SSSR count). The molecule has 0 aliphatic carbocycles. The minimum absolute atomic E-state index is 0.146. The Morgan fingerprint density at radius 1 is 1.04 bits per heavy atom. The summed E-state index contributed by atoms with van der Waals surface area (Å²) in [5.41, 5.74) is 0.680. The average molecular weight is 379 g/mol. The van der Waals surface area contributed by atoms with E-state index in [9.17, 15) is 9.18 Å². The minimum atomic E-state index is -0.317. The van der Waals surface area contributed by atoms with Gasteiger partial charge in [0.25, 0.3) is 0 Å². The highest BCUT2D eigenvalue weighted by Crippen LogP contribution is 2.28. The molecule has 0 saturated carbocycles. The fraction of sp³-hybridized carbons (Fsp3) is 0.227. The zero-order chi connectivity index (χ0) is 19.9. The smallest absolute Gasteiger partial charge is 0.229 e. The largest absolute Gasteiger partial charge is 0.457 e. The number of aromatic nitrogens is 2. The van der Waals surface area contributed by atoms with Crippen LogP contribution in [0.15, 0.2) is 60.8 Å². The number of anilines is 2. The van der Waals surface area contributed by atoms with Crippen molar-refractivity contribution in [1.29, 1.82) is 0 Å². The zero-order valence-electron chi connectivity index (χ0n) is 15.9. The highest BCUT2D eigenvalue weighted by molar-refractivity contribution is 5.98. The highest BCUT2D eigenvalue weighted by atomic mass is 19.1. The maximum Gasteiger partial charge on any atom is 0.229 e. The molecule has 0 bridgehead atoms. The maximum absolute atomic E-state index is 13.0. The van der Waals surface area contributed by atoms with Gasteiger partial charge in [-0.05, 0) is 61.0 Å². The van der Waals surface area contributed by atoms with Crippen LogP contribution in [0.2, 0.25) is 0 Å². The van der Waals surface area contributed by atoms with Gasteiger partial charge in [0.15, 0.2) is 0 Å². The number of carbonyl (C=O) groups is 1. The molecule has 0 aliphatic heterocycles. The first-order valence-corrected chi connectivity index (χ1v) is 9.23. The first-order chi connectivity index (χ1) is 13.6.